The Hall–Kier alpha value is -1.74. The van der Waals surface area contributed by atoms with E-state index in [-0.39, 0.29) is 5.92 Å². The maximum Gasteiger partial charge on any atom is 0.166 e. The number of aromatic nitrogens is 1. The van der Waals surface area contributed by atoms with Crippen molar-refractivity contribution in [1.29, 1.82) is 0 Å². The van der Waals surface area contributed by atoms with Gasteiger partial charge in [0, 0.05) is 23.1 Å². The molecule has 1 aromatic heterocycles. The Balaban J connectivity index is 1.61. The molecule has 3 nitrogen and oxygen atoms in total. The van der Waals surface area contributed by atoms with Crippen LogP contribution in [0, 0.1) is 11.3 Å². The highest BCUT2D eigenvalue weighted by Gasteiger charge is 2.57. The van der Waals surface area contributed by atoms with Gasteiger partial charge < -0.3 is 5.32 Å². The van der Waals surface area contributed by atoms with Crippen LogP contribution < -0.4 is 5.32 Å². The van der Waals surface area contributed by atoms with Gasteiger partial charge in [-0.2, -0.15) is 0 Å². The number of rotatable bonds is 2. The van der Waals surface area contributed by atoms with Gasteiger partial charge in [-0.05, 0) is 49.9 Å². The first-order valence-corrected chi connectivity index (χ1v) is 7.38. The molecular formula is C17H18N2O. The first-order chi connectivity index (χ1) is 9.78. The number of piperidine rings is 1. The van der Waals surface area contributed by atoms with Gasteiger partial charge in [0.05, 0.1) is 5.52 Å². The molecule has 1 N–H and O–H groups in total. The van der Waals surface area contributed by atoms with Crippen LogP contribution in [0.4, 0.5) is 0 Å². The minimum absolute atomic E-state index is 0.241. The molecule has 1 spiro atoms. The number of pyridine rings is 1. The monoisotopic (exact) mass is 266 g/mol. The number of nitrogens with zero attached hydrogens (tertiary/aromatic N) is 1. The van der Waals surface area contributed by atoms with Crippen LogP contribution in [-0.2, 0) is 0 Å². The Bertz CT molecular complexity index is 673. The van der Waals surface area contributed by atoms with Crippen molar-refractivity contribution in [2.45, 2.75) is 19.3 Å². The average molecular weight is 266 g/mol. The SMILES string of the molecule is O=C(c1ccc2cccnc2c1)C1CC12CCNCC2. The fourth-order valence-corrected chi connectivity index (χ4v) is 3.62. The third-order valence-electron chi connectivity index (χ3n) is 5.00. The molecule has 1 unspecified atom stereocenters. The number of carbonyl (C=O) groups excluding carboxylic acids is 1. The molecule has 2 fully saturated rings. The van der Waals surface area contributed by atoms with Crippen LogP contribution >= 0.6 is 0 Å². The zero-order valence-corrected chi connectivity index (χ0v) is 11.4. The van der Waals surface area contributed by atoms with Crippen molar-refractivity contribution in [2.24, 2.45) is 11.3 Å². The van der Waals surface area contributed by atoms with E-state index in [1.165, 1.54) is 0 Å². The molecule has 0 amide bonds. The Kier molecular flexibility index (Phi) is 2.64. The molecule has 2 aromatic rings. The summed E-state index contributed by atoms with van der Waals surface area (Å²) in [5.41, 5.74) is 2.05. The summed E-state index contributed by atoms with van der Waals surface area (Å²) in [6.07, 6.45) is 5.15. The Morgan fingerprint density at radius 1 is 1.25 bits per heavy atom. The average Bonchev–Trinajstić information content (AvgIpc) is 3.20. The van der Waals surface area contributed by atoms with Crippen LogP contribution in [-0.4, -0.2) is 23.9 Å². The van der Waals surface area contributed by atoms with E-state index in [0.29, 0.717) is 11.2 Å². The maximum atomic E-state index is 12.7. The second-order valence-electron chi connectivity index (χ2n) is 6.14. The molecule has 1 saturated carbocycles. The van der Waals surface area contributed by atoms with Crippen LogP contribution in [0.3, 0.4) is 0 Å². The van der Waals surface area contributed by atoms with Gasteiger partial charge in [0.15, 0.2) is 5.78 Å². The van der Waals surface area contributed by atoms with Crippen LogP contribution in [0.2, 0.25) is 0 Å². The number of benzene rings is 1. The highest BCUT2D eigenvalue weighted by atomic mass is 16.1. The van der Waals surface area contributed by atoms with Gasteiger partial charge >= 0.3 is 0 Å². The first kappa shape index (κ1) is 12.0. The van der Waals surface area contributed by atoms with Crippen molar-refractivity contribution < 1.29 is 4.79 Å². The van der Waals surface area contributed by atoms with Crippen LogP contribution in [0.15, 0.2) is 36.5 Å². The van der Waals surface area contributed by atoms with Crippen LogP contribution in [0.25, 0.3) is 10.9 Å². The highest BCUT2D eigenvalue weighted by Crippen LogP contribution is 2.59. The second kappa shape index (κ2) is 4.38. The van der Waals surface area contributed by atoms with E-state index in [2.05, 4.69) is 10.3 Å². The van der Waals surface area contributed by atoms with Gasteiger partial charge in [0.25, 0.3) is 0 Å². The summed E-state index contributed by atoms with van der Waals surface area (Å²) >= 11 is 0. The molecule has 20 heavy (non-hydrogen) atoms. The standard InChI is InChI=1S/C17H18N2O/c20-16(14-11-17(14)5-8-18-9-6-17)13-4-3-12-2-1-7-19-15(12)10-13/h1-4,7,10,14,18H,5-6,8-9,11H2. The fourth-order valence-electron chi connectivity index (χ4n) is 3.62. The first-order valence-electron chi connectivity index (χ1n) is 7.38. The lowest BCUT2D eigenvalue weighted by molar-refractivity contribution is 0.0941. The van der Waals surface area contributed by atoms with E-state index in [1.807, 2.05) is 30.3 Å². The molecule has 2 heterocycles. The summed E-state index contributed by atoms with van der Waals surface area (Å²) in [5, 5.41) is 4.48. The molecule has 0 radical (unpaired) electrons. The number of hydrogen-bond donors (Lipinski definition) is 1. The van der Waals surface area contributed by atoms with Gasteiger partial charge in [-0.15, -0.1) is 0 Å². The molecular weight excluding hydrogens is 248 g/mol. The number of Topliss-reactive ketones (excluding diaryl/α,β-unsaturated/α-hetero) is 1. The molecule has 4 rings (SSSR count). The van der Waals surface area contributed by atoms with E-state index in [0.717, 1.165) is 48.8 Å². The van der Waals surface area contributed by atoms with Crippen molar-refractivity contribution in [2.75, 3.05) is 13.1 Å². The van der Waals surface area contributed by atoms with Crippen molar-refractivity contribution in [3.05, 3.63) is 42.1 Å². The minimum atomic E-state index is 0.241. The fraction of sp³-hybridized carbons (Fsp3) is 0.412. The number of fused-ring (bicyclic) bond motifs is 1. The lowest BCUT2D eigenvalue weighted by Gasteiger charge is -2.23. The van der Waals surface area contributed by atoms with Gasteiger partial charge in [-0.25, -0.2) is 0 Å². The minimum Gasteiger partial charge on any atom is -0.317 e. The quantitative estimate of drug-likeness (QED) is 0.850. The molecule has 2 aliphatic rings. The molecule has 102 valence electrons. The summed E-state index contributed by atoms with van der Waals surface area (Å²) in [5.74, 6) is 0.560. The molecule has 1 aliphatic carbocycles. The van der Waals surface area contributed by atoms with E-state index in [4.69, 9.17) is 0 Å². The third-order valence-corrected chi connectivity index (χ3v) is 5.00. The van der Waals surface area contributed by atoms with Crippen LogP contribution in [0.5, 0.6) is 0 Å². The van der Waals surface area contributed by atoms with Crippen molar-refractivity contribution in [3.8, 4) is 0 Å². The van der Waals surface area contributed by atoms with Gasteiger partial charge in [0.1, 0.15) is 0 Å². The smallest absolute Gasteiger partial charge is 0.166 e. The molecule has 0 bridgehead atoms. The topological polar surface area (TPSA) is 42.0 Å². The number of carbonyl (C=O) groups is 1. The molecule has 1 aromatic carbocycles. The van der Waals surface area contributed by atoms with Gasteiger partial charge in [-0.3, -0.25) is 9.78 Å². The van der Waals surface area contributed by atoms with Gasteiger partial charge in [-0.1, -0.05) is 18.2 Å². The predicted octanol–water partition coefficient (Wildman–Crippen LogP) is 2.81. The summed E-state index contributed by atoms with van der Waals surface area (Å²) in [6, 6.07) is 9.87. The van der Waals surface area contributed by atoms with Crippen molar-refractivity contribution in [3.63, 3.8) is 0 Å². The third kappa shape index (κ3) is 1.85. The van der Waals surface area contributed by atoms with Crippen molar-refractivity contribution in [1.82, 2.24) is 10.3 Å². The van der Waals surface area contributed by atoms with E-state index in [1.54, 1.807) is 6.20 Å². The number of ketones is 1. The van der Waals surface area contributed by atoms with Crippen LogP contribution in [0.1, 0.15) is 29.6 Å². The van der Waals surface area contributed by atoms with E-state index >= 15 is 0 Å². The van der Waals surface area contributed by atoms with E-state index < -0.39 is 0 Å². The lowest BCUT2D eigenvalue weighted by Crippen LogP contribution is -2.30. The largest absolute Gasteiger partial charge is 0.317 e. The maximum absolute atomic E-state index is 12.7. The highest BCUT2D eigenvalue weighted by molar-refractivity contribution is 6.02. The molecule has 1 atom stereocenters. The zero-order chi connectivity index (χ0) is 13.6. The lowest BCUT2D eigenvalue weighted by atomic mass is 9.89. The van der Waals surface area contributed by atoms with Gasteiger partial charge in [0.2, 0.25) is 0 Å². The molecule has 1 saturated heterocycles. The number of nitrogens with one attached hydrogen (secondary N) is 1. The second-order valence-corrected chi connectivity index (χ2v) is 6.14. The Labute approximate surface area is 118 Å². The zero-order valence-electron chi connectivity index (χ0n) is 11.4. The summed E-state index contributed by atoms with van der Waals surface area (Å²) in [7, 11) is 0. The summed E-state index contributed by atoms with van der Waals surface area (Å²) < 4.78 is 0. The Morgan fingerprint density at radius 3 is 2.95 bits per heavy atom. The number of hydrogen-bond acceptors (Lipinski definition) is 3. The normalized spacial score (nSPS) is 23.9. The van der Waals surface area contributed by atoms with E-state index in [9.17, 15) is 4.79 Å². The molecule has 3 heteroatoms. The molecule has 1 aliphatic heterocycles. The summed E-state index contributed by atoms with van der Waals surface area (Å²) in [4.78, 5) is 17.0. The summed E-state index contributed by atoms with van der Waals surface area (Å²) in [6.45, 7) is 2.12. The Morgan fingerprint density at radius 2 is 2.10 bits per heavy atom. The predicted molar refractivity (Wildman–Crippen MR) is 78.7 cm³/mol. The van der Waals surface area contributed by atoms with Crippen molar-refractivity contribution >= 4 is 16.7 Å².